The third-order valence-corrected chi connectivity index (χ3v) is 1.82. The highest BCUT2D eigenvalue weighted by Gasteiger charge is 2.08. The monoisotopic (exact) mass is 146 g/mol. The van der Waals surface area contributed by atoms with E-state index in [2.05, 4.69) is 13.8 Å². The Balaban J connectivity index is 3.39. The van der Waals surface area contributed by atoms with Crippen LogP contribution in [-0.2, 0) is 0 Å². The fourth-order valence-corrected chi connectivity index (χ4v) is 1.20. The maximum atomic E-state index is 8.64. The molecule has 0 aromatic rings. The fraction of sp³-hybridized carbons (Fsp3) is 1.00. The summed E-state index contributed by atoms with van der Waals surface area (Å²) in [4.78, 5) is 0. The van der Waals surface area contributed by atoms with Crippen LogP contribution < -0.4 is 0 Å². The van der Waals surface area contributed by atoms with Crippen molar-refractivity contribution in [3.63, 3.8) is 0 Å². The Hall–Kier alpha value is -0.0800. The van der Waals surface area contributed by atoms with Gasteiger partial charge in [-0.05, 0) is 5.92 Å². The largest absolute Gasteiger partial charge is 0.368 e. The Morgan fingerprint density at radius 3 is 2.10 bits per heavy atom. The molecule has 1 atom stereocenters. The van der Waals surface area contributed by atoms with Crippen molar-refractivity contribution in [3.05, 3.63) is 0 Å². The lowest BCUT2D eigenvalue weighted by molar-refractivity contribution is -0.0569. The summed E-state index contributed by atoms with van der Waals surface area (Å²) in [6.07, 6.45) is 2.70. The second kappa shape index (κ2) is 5.69. The van der Waals surface area contributed by atoms with Gasteiger partial charge in [-0.15, -0.1) is 0 Å². The molecule has 0 saturated heterocycles. The molecular weight excluding hydrogens is 128 g/mol. The van der Waals surface area contributed by atoms with E-state index in [9.17, 15) is 0 Å². The Bertz CT molecular complexity index is 71.7. The van der Waals surface area contributed by atoms with E-state index in [-0.39, 0.29) is 0 Å². The molecule has 0 fully saturated rings. The van der Waals surface area contributed by atoms with Gasteiger partial charge in [-0.3, -0.25) is 0 Å². The molecule has 0 spiro atoms. The topological polar surface area (TPSA) is 40.5 Å². The minimum Gasteiger partial charge on any atom is -0.368 e. The van der Waals surface area contributed by atoms with Crippen LogP contribution in [-0.4, -0.2) is 16.5 Å². The summed E-state index contributed by atoms with van der Waals surface area (Å²) in [5, 5.41) is 17.3. The molecule has 2 N–H and O–H groups in total. The van der Waals surface area contributed by atoms with E-state index in [1.807, 2.05) is 0 Å². The normalized spacial score (nSPS) is 14.1. The lowest BCUT2D eigenvalue weighted by Crippen LogP contribution is -2.11. The molecule has 0 amide bonds. The predicted molar refractivity (Wildman–Crippen MR) is 41.5 cm³/mol. The fourth-order valence-electron chi connectivity index (χ4n) is 1.20. The van der Waals surface area contributed by atoms with Gasteiger partial charge in [0.2, 0.25) is 0 Å². The minimum atomic E-state index is -1.11. The average molecular weight is 146 g/mol. The average Bonchev–Trinajstić information content (AvgIpc) is 1.86. The van der Waals surface area contributed by atoms with E-state index in [0.29, 0.717) is 12.3 Å². The van der Waals surface area contributed by atoms with Crippen LogP contribution in [0.25, 0.3) is 0 Å². The smallest absolute Gasteiger partial charge is 0.151 e. The summed E-state index contributed by atoms with van der Waals surface area (Å²) >= 11 is 0. The molecule has 2 nitrogen and oxygen atoms in total. The Morgan fingerprint density at radius 1 is 1.20 bits per heavy atom. The molecule has 62 valence electrons. The van der Waals surface area contributed by atoms with E-state index in [1.165, 1.54) is 0 Å². The molecule has 2 heteroatoms. The molecule has 0 aliphatic rings. The molecule has 0 rings (SSSR count). The van der Waals surface area contributed by atoms with Crippen molar-refractivity contribution in [2.45, 2.75) is 45.8 Å². The first kappa shape index (κ1) is 9.92. The molecule has 0 aromatic heterocycles. The number of rotatable bonds is 5. The molecule has 0 aromatic carbocycles. The van der Waals surface area contributed by atoms with Crippen molar-refractivity contribution in [2.24, 2.45) is 5.92 Å². The van der Waals surface area contributed by atoms with Crippen LogP contribution in [0.4, 0.5) is 0 Å². The molecule has 0 heterocycles. The zero-order valence-electron chi connectivity index (χ0n) is 6.88. The van der Waals surface area contributed by atoms with Gasteiger partial charge in [0.1, 0.15) is 0 Å². The van der Waals surface area contributed by atoms with Crippen LogP contribution in [0.5, 0.6) is 0 Å². The summed E-state index contributed by atoms with van der Waals surface area (Å²) in [5.41, 5.74) is 0. The van der Waals surface area contributed by atoms with Gasteiger partial charge >= 0.3 is 0 Å². The van der Waals surface area contributed by atoms with E-state index in [0.717, 1.165) is 19.3 Å². The highest BCUT2D eigenvalue weighted by Crippen LogP contribution is 2.15. The van der Waals surface area contributed by atoms with Crippen molar-refractivity contribution >= 4 is 0 Å². The molecule has 0 bridgehead atoms. The third-order valence-electron chi connectivity index (χ3n) is 1.82. The SMILES string of the molecule is CCCC(CC)CC(O)O. The van der Waals surface area contributed by atoms with Gasteiger partial charge in [-0.25, -0.2) is 0 Å². The van der Waals surface area contributed by atoms with Crippen molar-refractivity contribution < 1.29 is 10.2 Å². The molecule has 0 aliphatic carbocycles. The zero-order valence-corrected chi connectivity index (χ0v) is 6.88. The summed E-state index contributed by atoms with van der Waals surface area (Å²) < 4.78 is 0. The van der Waals surface area contributed by atoms with Gasteiger partial charge in [-0.1, -0.05) is 33.1 Å². The van der Waals surface area contributed by atoms with Crippen LogP contribution in [0.2, 0.25) is 0 Å². The Labute approximate surface area is 62.9 Å². The predicted octanol–water partition coefficient (Wildman–Crippen LogP) is 1.51. The summed E-state index contributed by atoms with van der Waals surface area (Å²) in [7, 11) is 0. The molecule has 0 aliphatic heterocycles. The first-order valence-electron chi connectivity index (χ1n) is 4.06. The second-order valence-corrected chi connectivity index (χ2v) is 2.78. The van der Waals surface area contributed by atoms with E-state index in [4.69, 9.17) is 10.2 Å². The first-order chi connectivity index (χ1) is 4.70. The van der Waals surface area contributed by atoms with E-state index in [1.54, 1.807) is 0 Å². The standard InChI is InChI=1S/C8H18O2/c1-3-5-7(4-2)6-8(9)10/h7-10H,3-6H2,1-2H3. The maximum absolute atomic E-state index is 8.64. The first-order valence-corrected chi connectivity index (χ1v) is 4.06. The van der Waals surface area contributed by atoms with Crippen molar-refractivity contribution in [3.8, 4) is 0 Å². The maximum Gasteiger partial charge on any atom is 0.151 e. The molecule has 1 unspecified atom stereocenters. The molecule has 0 radical (unpaired) electrons. The van der Waals surface area contributed by atoms with Gasteiger partial charge < -0.3 is 10.2 Å². The molecular formula is C8H18O2. The molecule has 0 saturated carbocycles. The van der Waals surface area contributed by atoms with Crippen LogP contribution in [0.1, 0.15) is 39.5 Å². The van der Waals surface area contributed by atoms with Crippen molar-refractivity contribution in [2.75, 3.05) is 0 Å². The highest BCUT2D eigenvalue weighted by molar-refractivity contribution is 4.56. The number of hydrogen-bond acceptors (Lipinski definition) is 2. The van der Waals surface area contributed by atoms with Gasteiger partial charge in [-0.2, -0.15) is 0 Å². The number of aliphatic hydroxyl groups is 2. The Kier molecular flexibility index (Phi) is 5.64. The Morgan fingerprint density at radius 2 is 1.80 bits per heavy atom. The lowest BCUT2D eigenvalue weighted by Gasteiger charge is -2.13. The van der Waals surface area contributed by atoms with Crippen LogP contribution in [0.3, 0.4) is 0 Å². The van der Waals surface area contributed by atoms with Gasteiger partial charge in [0, 0.05) is 6.42 Å². The van der Waals surface area contributed by atoms with E-state index >= 15 is 0 Å². The zero-order chi connectivity index (χ0) is 7.98. The lowest BCUT2D eigenvalue weighted by atomic mass is 9.97. The quantitative estimate of drug-likeness (QED) is 0.577. The minimum absolute atomic E-state index is 0.491. The highest BCUT2D eigenvalue weighted by atomic mass is 16.5. The third kappa shape index (κ3) is 4.77. The molecule has 10 heavy (non-hydrogen) atoms. The summed E-state index contributed by atoms with van der Waals surface area (Å²) in [6, 6.07) is 0. The van der Waals surface area contributed by atoms with Gasteiger partial charge in [0.15, 0.2) is 6.29 Å². The van der Waals surface area contributed by atoms with E-state index < -0.39 is 6.29 Å². The van der Waals surface area contributed by atoms with Crippen LogP contribution in [0, 0.1) is 5.92 Å². The van der Waals surface area contributed by atoms with Crippen molar-refractivity contribution in [1.82, 2.24) is 0 Å². The number of hydrogen-bond donors (Lipinski definition) is 2. The second-order valence-electron chi connectivity index (χ2n) is 2.78. The summed E-state index contributed by atoms with van der Waals surface area (Å²) in [6.45, 7) is 4.20. The van der Waals surface area contributed by atoms with Crippen molar-refractivity contribution in [1.29, 1.82) is 0 Å². The van der Waals surface area contributed by atoms with Gasteiger partial charge in [0.05, 0.1) is 0 Å². The number of aliphatic hydroxyl groups excluding tert-OH is 1. The van der Waals surface area contributed by atoms with Crippen LogP contribution in [0.15, 0.2) is 0 Å². The van der Waals surface area contributed by atoms with Gasteiger partial charge in [0.25, 0.3) is 0 Å². The van der Waals surface area contributed by atoms with Crippen LogP contribution >= 0.6 is 0 Å². The summed E-state index contributed by atoms with van der Waals surface area (Å²) in [5.74, 6) is 0.491.